The van der Waals surface area contributed by atoms with Gasteiger partial charge in [-0.3, -0.25) is 4.79 Å². The van der Waals surface area contributed by atoms with Crippen LogP contribution in [0.3, 0.4) is 0 Å². The van der Waals surface area contributed by atoms with Crippen LogP contribution in [0.5, 0.6) is 0 Å². The van der Waals surface area contributed by atoms with Crippen molar-refractivity contribution in [3.63, 3.8) is 0 Å². The normalized spacial score (nSPS) is 10.3. The Hall–Kier alpha value is -0.790. The maximum atomic E-state index is 12.2. The summed E-state index contributed by atoms with van der Waals surface area (Å²) >= 11 is 11.5. The number of amides is 1. The van der Waals surface area contributed by atoms with Gasteiger partial charge in [0.15, 0.2) is 0 Å². The van der Waals surface area contributed by atoms with Crippen molar-refractivity contribution in [3.8, 4) is 0 Å². The van der Waals surface area contributed by atoms with Gasteiger partial charge >= 0.3 is 0 Å². The smallest absolute Gasteiger partial charge is 0.256 e. The third-order valence-corrected chi connectivity index (χ3v) is 4.16. The van der Waals surface area contributed by atoms with E-state index in [4.69, 9.17) is 17.3 Å². The van der Waals surface area contributed by atoms with E-state index in [0.717, 1.165) is 8.04 Å². The van der Waals surface area contributed by atoms with E-state index in [0.29, 0.717) is 22.0 Å². The number of nitrogen functional groups attached to an aromatic ring is 1. The van der Waals surface area contributed by atoms with Gasteiger partial charge in [-0.05, 0) is 59.0 Å². The molecule has 0 spiro atoms. The quantitative estimate of drug-likeness (QED) is 0.520. The fourth-order valence-electron chi connectivity index (χ4n) is 1.49. The van der Waals surface area contributed by atoms with Crippen molar-refractivity contribution in [3.05, 3.63) is 55.0 Å². The molecule has 0 bridgehead atoms. The molecule has 0 atom stereocenters. The Balaban J connectivity index is 2.28. The van der Waals surface area contributed by atoms with E-state index in [1.54, 1.807) is 24.3 Å². The first-order valence-corrected chi connectivity index (χ1v) is 7.54. The Labute approximate surface area is 137 Å². The zero-order valence-electron chi connectivity index (χ0n) is 9.58. The number of hydrogen-bond acceptors (Lipinski definition) is 2. The Bertz CT molecular complexity index is 649. The maximum absolute atomic E-state index is 12.2. The average molecular weight is 451 g/mol. The highest BCUT2D eigenvalue weighted by molar-refractivity contribution is 14.1. The zero-order valence-corrected chi connectivity index (χ0v) is 14.1. The summed E-state index contributed by atoms with van der Waals surface area (Å²) in [5.74, 6) is -0.211. The topological polar surface area (TPSA) is 55.1 Å². The Morgan fingerprint density at radius 3 is 2.68 bits per heavy atom. The molecule has 0 aromatic heterocycles. The van der Waals surface area contributed by atoms with Crippen molar-refractivity contribution in [1.82, 2.24) is 0 Å². The van der Waals surface area contributed by atoms with Crippen molar-refractivity contribution >= 4 is 67.4 Å². The number of nitrogens with two attached hydrogens (primary N) is 1. The molecule has 3 N–H and O–H groups in total. The van der Waals surface area contributed by atoms with Gasteiger partial charge in [-0.25, -0.2) is 0 Å². The summed E-state index contributed by atoms with van der Waals surface area (Å²) < 4.78 is 1.71. The number of nitrogens with one attached hydrogen (secondary N) is 1. The molecule has 0 fully saturated rings. The first-order chi connectivity index (χ1) is 8.97. The molecule has 98 valence electrons. The predicted octanol–water partition coefficient (Wildman–Crippen LogP) is 4.54. The molecular weight excluding hydrogens is 442 g/mol. The highest BCUT2D eigenvalue weighted by Crippen LogP contribution is 2.26. The third kappa shape index (κ3) is 3.61. The number of carbonyl (C=O) groups excluding carboxylic acids is 1. The van der Waals surface area contributed by atoms with Gasteiger partial charge < -0.3 is 11.1 Å². The summed E-state index contributed by atoms with van der Waals surface area (Å²) in [6, 6.07) is 10.5. The molecule has 0 saturated heterocycles. The van der Waals surface area contributed by atoms with Crippen LogP contribution in [0.4, 0.5) is 11.4 Å². The SMILES string of the molecule is Nc1ccc(NC(=O)c2cc(Br)ccc2I)c(Cl)c1. The molecule has 0 heterocycles. The molecule has 1 amide bonds. The number of carbonyl (C=O) groups is 1. The number of halogens is 3. The lowest BCUT2D eigenvalue weighted by molar-refractivity contribution is 0.102. The molecule has 0 unspecified atom stereocenters. The van der Waals surface area contributed by atoms with Crippen molar-refractivity contribution in [2.45, 2.75) is 0 Å². The van der Waals surface area contributed by atoms with E-state index < -0.39 is 0 Å². The Morgan fingerprint density at radius 1 is 1.26 bits per heavy atom. The van der Waals surface area contributed by atoms with Crippen molar-refractivity contribution < 1.29 is 4.79 Å². The third-order valence-electron chi connectivity index (χ3n) is 2.41. The summed E-state index contributed by atoms with van der Waals surface area (Å²) in [5.41, 5.74) is 7.29. The Kier molecular flexibility index (Phi) is 4.70. The first-order valence-electron chi connectivity index (χ1n) is 5.29. The molecule has 0 aliphatic heterocycles. The standard InChI is InChI=1S/C13H9BrClIN2O/c14-7-1-3-11(16)9(5-7)13(19)18-12-4-2-8(17)6-10(12)15/h1-6H,17H2,(H,18,19). The molecule has 3 nitrogen and oxygen atoms in total. The van der Waals surface area contributed by atoms with E-state index in [9.17, 15) is 4.79 Å². The highest BCUT2D eigenvalue weighted by Gasteiger charge is 2.12. The molecule has 2 aromatic rings. The van der Waals surface area contributed by atoms with Crippen LogP contribution >= 0.6 is 50.1 Å². The molecule has 0 aliphatic carbocycles. The number of benzene rings is 2. The van der Waals surface area contributed by atoms with Crippen LogP contribution in [0.1, 0.15) is 10.4 Å². The summed E-state index contributed by atoms with van der Waals surface area (Å²) in [4.78, 5) is 12.2. The number of anilines is 2. The van der Waals surface area contributed by atoms with Gasteiger partial charge in [-0.1, -0.05) is 27.5 Å². The van der Waals surface area contributed by atoms with E-state index in [1.165, 1.54) is 0 Å². The Morgan fingerprint density at radius 2 is 2.00 bits per heavy atom. The second-order valence-electron chi connectivity index (χ2n) is 3.82. The van der Waals surface area contributed by atoms with E-state index in [2.05, 4.69) is 43.8 Å². The molecule has 0 radical (unpaired) electrons. The van der Waals surface area contributed by atoms with Crippen LogP contribution in [-0.2, 0) is 0 Å². The van der Waals surface area contributed by atoms with Crippen LogP contribution < -0.4 is 11.1 Å². The summed E-state index contributed by atoms with van der Waals surface area (Å²) in [7, 11) is 0. The van der Waals surface area contributed by atoms with Crippen molar-refractivity contribution in [1.29, 1.82) is 0 Å². The van der Waals surface area contributed by atoms with Gasteiger partial charge in [0, 0.05) is 13.7 Å². The van der Waals surface area contributed by atoms with Crippen LogP contribution in [0, 0.1) is 3.57 Å². The lowest BCUT2D eigenvalue weighted by Crippen LogP contribution is -2.13. The second-order valence-corrected chi connectivity index (χ2v) is 6.30. The second kappa shape index (κ2) is 6.11. The van der Waals surface area contributed by atoms with E-state index in [-0.39, 0.29) is 5.91 Å². The molecule has 2 rings (SSSR count). The fourth-order valence-corrected chi connectivity index (χ4v) is 2.67. The molecule has 19 heavy (non-hydrogen) atoms. The lowest BCUT2D eigenvalue weighted by Gasteiger charge is -2.09. The largest absolute Gasteiger partial charge is 0.399 e. The number of hydrogen-bond donors (Lipinski definition) is 2. The van der Waals surface area contributed by atoms with Crippen molar-refractivity contribution in [2.75, 3.05) is 11.1 Å². The highest BCUT2D eigenvalue weighted by atomic mass is 127. The summed E-state index contributed by atoms with van der Waals surface area (Å²) in [6.07, 6.45) is 0. The van der Waals surface area contributed by atoms with Crippen LogP contribution in [-0.4, -0.2) is 5.91 Å². The summed E-state index contributed by atoms with van der Waals surface area (Å²) in [5, 5.41) is 3.18. The first kappa shape index (κ1) is 14.6. The van der Waals surface area contributed by atoms with E-state index >= 15 is 0 Å². The van der Waals surface area contributed by atoms with Crippen LogP contribution in [0.25, 0.3) is 0 Å². The zero-order chi connectivity index (χ0) is 14.0. The summed E-state index contributed by atoms with van der Waals surface area (Å²) in [6.45, 7) is 0. The van der Waals surface area contributed by atoms with Gasteiger partial charge in [0.25, 0.3) is 5.91 Å². The number of rotatable bonds is 2. The van der Waals surface area contributed by atoms with Gasteiger partial charge in [0.05, 0.1) is 16.3 Å². The lowest BCUT2D eigenvalue weighted by atomic mass is 10.2. The van der Waals surface area contributed by atoms with Gasteiger partial charge in [0.2, 0.25) is 0 Å². The van der Waals surface area contributed by atoms with Gasteiger partial charge in [-0.2, -0.15) is 0 Å². The van der Waals surface area contributed by atoms with Gasteiger partial charge in [-0.15, -0.1) is 0 Å². The minimum Gasteiger partial charge on any atom is -0.399 e. The molecule has 0 aliphatic rings. The predicted molar refractivity (Wildman–Crippen MR) is 90.7 cm³/mol. The molecule has 6 heteroatoms. The average Bonchev–Trinajstić information content (AvgIpc) is 2.35. The molecular formula is C13H9BrClIN2O. The minimum absolute atomic E-state index is 0.211. The maximum Gasteiger partial charge on any atom is 0.256 e. The fraction of sp³-hybridized carbons (Fsp3) is 0. The van der Waals surface area contributed by atoms with Crippen LogP contribution in [0.2, 0.25) is 5.02 Å². The monoisotopic (exact) mass is 450 g/mol. The molecule has 2 aromatic carbocycles. The molecule has 0 saturated carbocycles. The minimum atomic E-state index is -0.211. The van der Waals surface area contributed by atoms with Crippen molar-refractivity contribution in [2.24, 2.45) is 0 Å². The van der Waals surface area contributed by atoms with E-state index in [1.807, 2.05) is 12.1 Å². The van der Waals surface area contributed by atoms with Crippen LogP contribution in [0.15, 0.2) is 40.9 Å². The van der Waals surface area contributed by atoms with Gasteiger partial charge in [0.1, 0.15) is 0 Å².